The lowest BCUT2D eigenvalue weighted by Crippen LogP contribution is -2.40. The fraction of sp³-hybridized carbons (Fsp3) is 0.389. The lowest BCUT2D eigenvalue weighted by Gasteiger charge is -2.15. The van der Waals surface area contributed by atoms with E-state index in [0.717, 1.165) is 0 Å². The topological polar surface area (TPSA) is 135 Å². The number of pyridine rings is 1. The Hall–Kier alpha value is -3.27. The lowest BCUT2D eigenvalue weighted by atomic mass is 10.1. The molecule has 0 radical (unpaired) electrons. The molecule has 3 atom stereocenters. The summed E-state index contributed by atoms with van der Waals surface area (Å²) in [6, 6.07) is 6.55. The van der Waals surface area contributed by atoms with E-state index in [1.54, 1.807) is 11.3 Å². The molecular weight excluding hydrogens is 364 g/mol. The van der Waals surface area contributed by atoms with Crippen molar-refractivity contribution < 1.29 is 19.2 Å². The molecule has 3 heterocycles. The molecule has 146 valence electrons. The number of nitrogens with zero attached hydrogens (tertiary/aromatic N) is 4. The number of nitrogens with one attached hydrogen (secondary N) is 2. The molecule has 3 aromatic rings. The van der Waals surface area contributed by atoms with Crippen molar-refractivity contribution >= 4 is 17.5 Å². The van der Waals surface area contributed by atoms with Crippen molar-refractivity contribution in [1.29, 1.82) is 0 Å². The Balaban J connectivity index is 1.33. The third-order valence-corrected chi connectivity index (χ3v) is 4.88. The number of carbonyl (C=O) groups is 2. The zero-order chi connectivity index (χ0) is 19.7. The Morgan fingerprint density at radius 1 is 1.32 bits per heavy atom. The SMILES string of the molecule is Cc1cc(C(=O)N[C@H]2C[C@H](C(=O)NCc3nnc4ccccn34)C[C@@H]2O)no1. The van der Waals surface area contributed by atoms with Gasteiger partial charge in [0.15, 0.2) is 17.2 Å². The molecule has 1 aliphatic rings. The summed E-state index contributed by atoms with van der Waals surface area (Å²) in [5.41, 5.74) is 0.852. The Morgan fingerprint density at radius 2 is 2.18 bits per heavy atom. The molecule has 1 saturated carbocycles. The van der Waals surface area contributed by atoms with Gasteiger partial charge in [-0.2, -0.15) is 0 Å². The molecule has 3 N–H and O–H groups in total. The first kappa shape index (κ1) is 18.1. The molecule has 0 saturated heterocycles. The van der Waals surface area contributed by atoms with Crippen LogP contribution in [0.15, 0.2) is 35.0 Å². The molecule has 10 nitrogen and oxygen atoms in total. The molecule has 0 aliphatic heterocycles. The van der Waals surface area contributed by atoms with Gasteiger partial charge in [0.25, 0.3) is 5.91 Å². The smallest absolute Gasteiger partial charge is 0.273 e. The Bertz CT molecular complexity index is 1010. The van der Waals surface area contributed by atoms with E-state index in [1.807, 2.05) is 24.4 Å². The van der Waals surface area contributed by atoms with Crippen molar-refractivity contribution in [2.75, 3.05) is 0 Å². The lowest BCUT2D eigenvalue weighted by molar-refractivity contribution is -0.125. The number of aliphatic hydroxyl groups is 1. The normalized spacial score (nSPS) is 21.7. The van der Waals surface area contributed by atoms with Crippen LogP contribution < -0.4 is 10.6 Å². The van der Waals surface area contributed by atoms with Crippen LogP contribution >= 0.6 is 0 Å². The monoisotopic (exact) mass is 384 g/mol. The number of aryl methyl sites for hydroxylation is 1. The molecule has 2 amide bonds. The Labute approximate surface area is 159 Å². The third kappa shape index (κ3) is 3.58. The number of hydrogen-bond acceptors (Lipinski definition) is 7. The Kier molecular flexibility index (Phi) is 4.78. The highest BCUT2D eigenvalue weighted by Gasteiger charge is 2.38. The summed E-state index contributed by atoms with van der Waals surface area (Å²) >= 11 is 0. The van der Waals surface area contributed by atoms with Crippen LogP contribution in [0.3, 0.4) is 0 Å². The van der Waals surface area contributed by atoms with E-state index < -0.39 is 24.0 Å². The number of hydrogen-bond donors (Lipinski definition) is 3. The summed E-state index contributed by atoms with van der Waals surface area (Å²) in [5, 5.41) is 27.6. The highest BCUT2D eigenvalue weighted by molar-refractivity contribution is 5.92. The summed E-state index contributed by atoms with van der Waals surface area (Å²) in [5.74, 6) is 0.111. The first-order valence-electron chi connectivity index (χ1n) is 9.00. The summed E-state index contributed by atoms with van der Waals surface area (Å²) in [6.45, 7) is 1.92. The third-order valence-electron chi connectivity index (χ3n) is 4.88. The number of carbonyl (C=O) groups excluding carboxylic acids is 2. The van der Waals surface area contributed by atoms with Crippen LogP contribution in [0, 0.1) is 12.8 Å². The quantitative estimate of drug-likeness (QED) is 0.572. The maximum absolute atomic E-state index is 12.5. The van der Waals surface area contributed by atoms with Crippen LogP contribution in [-0.4, -0.2) is 48.8 Å². The van der Waals surface area contributed by atoms with E-state index in [2.05, 4.69) is 26.0 Å². The molecule has 0 aromatic carbocycles. The fourth-order valence-electron chi connectivity index (χ4n) is 3.42. The van der Waals surface area contributed by atoms with Crippen LogP contribution in [0.2, 0.25) is 0 Å². The minimum Gasteiger partial charge on any atom is -0.391 e. The number of aliphatic hydroxyl groups excluding tert-OH is 1. The molecule has 4 rings (SSSR count). The standard InChI is InChI=1S/C18H20N6O4/c1-10-6-13(23-28-10)18(27)20-12-7-11(8-14(12)25)17(26)19-9-16-22-21-15-4-2-3-5-24(15)16/h2-6,11-12,14,25H,7-9H2,1H3,(H,19,26)(H,20,27)/t11-,12-,14-/m0/s1. The zero-order valence-electron chi connectivity index (χ0n) is 15.2. The highest BCUT2D eigenvalue weighted by Crippen LogP contribution is 2.26. The van der Waals surface area contributed by atoms with E-state index >= 15 is 0 Å². The van der Waals surface area contributed by atoms with E-state index in [1.165, 1.54) is 6.07 Å². The van der Waals surface area contributed by atoms with Gasteiger partial charge in [0, 0.05) is 18.2 Å². The van der Waals surface area contributed by atoms with Crippen molar-refractivity contribution in [3.05, 3.63) is 47.7 Å². The fourth-order valence-corrected chi connectivity index (χ4v) is 3.42. The average molecular weight is 384 g/mol. The molecule has 0 spiro atoms. The van der Waals surface area contributed by atoms with Crippen molar-refractivity contribution in [3.63, 3.8) is 0 Å². The average Bonchev–Trinajstić information content (AvgIpc) is 3.39. The molecule has 28 heavy (non-hydrogen) atoms. The predicted octanol–water partition coefficient (Wildman–Crippen LogP) is 0.211. The van der Waals surface area contributed by atoms with Gasteiger partial charge in [-0.25, -0.2) is 0 Å². The van der Waals surface area contributed by atoms with Crippen molar-refractivity contribution in [3.8, 4) is 0 Å². The summed E-state index contributed by atoms with van der Waals surface area (Å²) < 4.78 is 6.68. The molecule has 0 unspecified atom stereocenters. The molecule has 1 fully saturated rings. The molecular formula is C18H20N6O4. The van der Waals surface area contributed by atoms with Crippen molar-refractivity contribution in [2.24, 2.45) is 5.92 Å². The molecule has 1 aliphatic carbocycles. The number of rotatable bonds is 5. The maximum Gasteiger partial charge on any atom is 0.273 e. The van der Waals surface area contributed by atoms with Gasteiger partial charge in [0.2, 0.25) is 5.91 Å². The number of amides is 2. The summed E-state index contributed by atoms with van der Waals surface area (Å²) in [6.07, 6.45) is 1.64. The minimum absolute atomic E-state index is 0.149. The van der Waals surface area contributed by atoms with Crippen LogP contribution in [0.4, 0.5) is 0 Å². The van der Waals surface area contributed by atoms with E-state index in [0.29, 0.717) is 23.7 Å². The molecule has 3 aromatic heterocycles. The van der Waals surface area contributed by atoms with E-state index in [4.69, 9.17) is 4.52 Å². The van der Waals surface area contributed by atoms with Crippen LogP contribution in [-0.2, 0) is 11.3 Å². The van der Waals surface area contributed by atoms with Crippen molar-refractivity contribution in [1.82, 2.24) is 30.4 Å². The van der Waals surface area contributed by atoms with Crippen LogP contribution in [0.25, 0.3) is 5.65 Å². The minimum atomic E-state index is -0.804. The van der Waals surface area contributed by atoms with Crippen LogP contribution in [0.5, 0.6) is 0 Å². The van der Waals surface area contributed by atoms with Gasteiger partial charge < -0.3 is 20.3 Å². The zero-order valence-corrected chi connectivity index (χ0v) is 15.2. The first-order valence-corrected chi connectivity index (χ1v) is 9.00. The van der Waals surface area contributed by atoms with Crippen molar-refractivity contribution in [2.45, 2.75) is 38.5 Å². The Morgan fingerprint density at radius 3 is 2.96 bits per heavy atom. The van der Waals surface area contributed by atoms with Gasteiger partial charge >= 0.3 is 0 Å². The number of aromatic nitrogens is 4. The van der Waals surface area contributed by atoms with Gasteiger partial charge in [-0.3, -0.25) is 14.0 Å². The summed E-state index contributed by atoms with van der Waals surface area (Å²) in [4.78, 5) is 24.7. The predicted molar refractivity (Wildman–Crippen MR) is 96.1 cm³/mol. The maximum atomic E-state index is 12.5. The van der Waals surface area contributed by atoms with E-state index in [9.17, 15) is 14.7 Å². The largest absolute Gasteiger partial charge is 0.391 e. The van der Waals surface area contributed by atoms with Crippen LogP contribution in [0.1, 0.15) is 34.9 Å². The first-order chi connectivity index (χ1) is 13.5. The van der Waals surface area contributed by atoms with E-state index in [-0.39, 0.29) is 24.6 Å². The second-order valence-electron chi connectivity index (χ2n) is 6.90. The molecule has 0 bridgehead atoms. The van der Waals surface area contributed by atoms with Gasteiger partial charge in [-0.15, -0.1) is 10.2 Å². The molecule has 10 heteroatoms. The van der Waals surface area contributed by atoms with Gasteiger partial charge in [0.05, 0.1) is 18.7 Å². The summed E-state index contributed by atoms with van der Waals surface area (Å²) in [7, 11) is 0. The van der Waals surface area contributed by atoms with Gasteiger partial charge in [-0.05, 0) is 31.9 Å². The highest BCUT2D eigenvalue weighted by atomic mass is 16.5. The van der Waals surface area contributed by atoms with Gasteiger partial charge in [-0.1, -0.05) is 11.2 Å². The second-order valence-corrected chi connectivity index (χ2v) is 6.90. The number of fused-ring (bicyclic) bond motifs is 1. The van der Waals surface area contributed by atoms with Gasteiger partial charge in [0.1, 0.15) is 5.76 Å². The second kappa shape index (κ2) is 7.39.